The molecule has 0 radical (unpaired) electrons. The van der Waals surface area contributed by atoms with E-state index >= 15 is 0 Å². The van der Waals surface area contributed by atoms with Crippen LogP contribution in [-0.2, 0) is 6.54 Å². The van der Waals surface area contributed by atoms with Gasteiger partial charge in [-0.15, -0.1) is 0 Å². The molecule has 0 saturated carbocycles. The summed E-state index contributed by atoms with van der Waals surface area (Å²) in [5.41, 5.74) is 1.96. The van der Waals surface area contributed by atoms with Crippen molar-refractivity contribution in [1.29, 1.82) is 0 Å². The van der Waals surface area contributed by atoms with Crippen molar-refractivity contribution in [3.8, 4) is 11.5 Å². The number of hydrogen-bond acceptors (Lipinski definition) is 5. The fourth-order valence-electron chi connectivity index (χ4n) is 2.84. The van der Waals surface area contributed by atoms with Crippen LogP contribution in [-0.4, -0.2) is 32.2 Å². The van der Waals surface area contributed by atoms with Crippen LogP contribution in [0.1, 0.15) is 11.1 Å². The van der Waals surface area contributed by atoms with Gasteiger partial charge in [0.25, 0.3) is 0 Å². The minimum atomic E-state index is -0.359. The summed E-state index contributed by atoms with van der Waals surface area (Å²) in [4.78, 5) is 14.0. The molecule has 0 bridgehead atoms. The maximum atomic E-state index is 11.9. The van der Waals surface area contributed by atoms with Crippen molar-refractivity contribution in [2.24, 2.45) is 0 Å². The third-order valence-electron chi connectivity index (χ3n) is 4.35. The third-order valence-corrected chi connectivity index (χ3v) is 4.76. The van der Waals surface area contributed by atoms with E-state index < -0.39 is 0 Å². The van der Waals surface area contributed by atoms with Gasteiger partial charge in [-0.3, -0.25) is 4.90 Å². The molecule has 0 spiro atoms. The minimum absolute atomic E-state index is 0.359. The first-order chi connectivity index (χ1) is 13.0. The van der Waals surface area contributed by atoms with Gasteiger partial charge >= 0.3 is 5.63 Å². The average Bonchev–Trinajstić information content (AvgIpc) is 2.64. The van der Waals surface area contributed by atoms with E-state index in [1.165, 1.54) is 6.07 Å². The number of benzene rings is 2. The van der Waals surface area contributed by atoms with E-state index in [1.807, 2.05) is 44.3 Å². The average molecular weight is 388 g/mol. The van der Waals surface area contributed by atoms with E-state index in [-0.39, 0.29) is 5.63 Å². The van der Waals surface area contributed by atoms with Gasteiger partial charge in [0, 0.05) is 29.6 Å². The number of fused-ring (bicyclic) bond motifs is 1. The standard InChI is InChI=1S/C21H22ClNO4/c1-14-10-20-18(12-19(14)22)15(11-21(24)27-20)13-23(2)8-9-26-17-6-4-16(25-3)5-7-17/h4-7,10-12H,8-9,13H2,1-3H3. The van der Waals surface area contributed by atoms with Crippen LogP contribution in [0, 0.1) is 6.92 Å². The SMILES string of the molecule is COc1ccc(OCCN(C)Cc2cc(=O)oc3cc(C)c(Cl)cc23)cc1. The Balaban J connectivity index is 1.65. The Bertz CT molecular complexity index is 982. The maximum absolute atomic E-state index is 11.9. The summed E-state index contributed by atoms with van der Waals surface area (Å²) in [6.45, 7) is 3.71. The Hall–Kier alpha value is -2.50. The Labute approximate surface area is 163 Å². The topological polar surface area (TPSA) is 51.9 Å². The van der Waals surface area contributed by atoms with Crippen LogP contribution in [0.25, 0.3) is 11.0 Å². The molecule has 1 heterocycles. The highest BCUT2D eigenvalue weighted by molar-refractivity contribution is 6.32. The van der Waals surface area contributed by atoms with E-state index in [0.29, 0.717) is 30.3 Å². The van der Waals surface area contributed by atoms with Crippen LogP contribution in [0.5, 0.6) is 11.5 Å². The molecule has 3 rings (SSSR count). The van der Waals surface area contributed by atoms with Gasteiger partial charge in [-0.05, 0) is 61.5 Å². The van der Waals surface area contributed by atoms with Crippen LogP contribution in [0.2, 0.25) is 5.02 Å². The second-order valence-electron chi connectivity index (χ2n) is 6.45. The van der Waals surface area contributed by atoms with Crippen LogP contribution in [0.15, 0.2) is 51.7 Å². The first-order valence-corrected chi connectivity index (χ1v) is 9.02. The number of hydrogen-bond donors (Lipinski definition) is 0. The molecule has 27 heavy (non-hydrogen) atoms. The lowest BCUT2D eigenvalue weighted by atomic mass is 10.1. The van der Waals surface area contributed by atoms with Gasteiger partial charge in [0.2, 0.25) is 0 Å². The van der Waals surface area contributed by atoms with Crippen LogP contribution >= 0.6 is 11.6 Å². The quantitative estimate of drug-likeness (QED) is 0.566. The molecule has 0 aliphatic heterocycles. The van der Waals surface area contributed by atoms with Crippen LogP contribution in [0.4, 0.5) is 0 Å². The van der Waals surface area contributed by atoms with Crippen molar-refractivity contribution in [3.63, 3.8) is 0 Å². The van der Waals surface area contributed by atoms with Gasteiger partial charge in [0.05, 0.1) is 7.11 Å². The van der Waals surface area contributed by atoms with Crippen LogP contribution in [0.3, 0.4) is 0 Å². The molecule has 0 amide bonds. The zero-order chi connectivity index (χ0) is 19.4. The highest BCUT2D eigenvalue weighted by atomic mass is 35.5. The van der Waals surface area contributed by atoms with E-state index in [0.717, 1.165) is 28.0 Å². The third kappa shape index (κ3) is 4.81. The highest BCUT2D eigenvalue weighted by Gasteiger charge is 2.10. The largest absolute Gasteiger partial charge is 0.497 e. The molecule has 3 aromatic rings. The summed E-state index contributed by atoms with van der Waals surface area (Å²) in [7, 11) is 3.61. The number of nitrogens with zero attached hydrogens (tertiary/aromatic N) is 1. The van der Waals surface area contributed by atoms with Gasteiger partial charge in [-0.2, -0.15) is 0 Å². The van der Waals surface area contributed by atoms with Crippen molar-refractivity contribution in [1.82, 2.24) is 4.90 Å². The second-order valence-corrected chi connectivity index (χ2v) is 6.86. The molecular formula is C21H22ClNO4. The molecule has 142 valence electrons. The van der Waals surface area contributed by atoms with Crippen molar-refractivity contribution in [3.05, 3.63) is 69.0 Å². The lowest BCUT2D eigenvalue weighted by Gasteiger charge is -2.18. The van der Waals surface area contributed by atoms with Crippen LogP contribution < -0.4 is 15.1 Å². The number of aryl methyl sites for hydroxylation is 1. The minimum Gasteiger partial charge on any atom is -0.497 e. The summed E-state index contributed by atoms with van der Waals surface area (Å²) >= 11 is 6.25. The predicted molar refractivity (Wildman–Crippen MR) is 107 cm³/mol. The predicted octanol–water partition coefficient (Wildman–Crippen LogP) is 4.27. The summed E-state index contributed by atoms with van der Waals surface area (Å²) in [5, 5.41) is 1.51. The molecule has 2 aromatic carbocycles. The molecule has 6 heteroatoms. The zero-order valence-electron chi connectivity index (χ0n) is 15.6. The number of methoxy groups -OCH3 is 1. The normalized spacial score (nSPS) is 11.1. The van der Waals surface area contributed by atoms with Gasteiger partial charge in [0.1, 0.15) is 23.7 Å². The fraction of sp³-hybridized carbons (Fsp3) is 0.286. The monoisotopic (exact) mass is 387 g/mol. The van der Waals surface area contributed by atoms with Crippen molar-refractivity contribution >= 4 is 22.6 Å². The first-order valence-electron chi connectivity index (χ1n) is 8.64. The summed E-state index contributed by atoms with van der Waals surface area (Å²) in [6.07, 6.45) is 0. The molecule has 0 aliphatic rings. The molecule has 1 aromatic heterocycles. The van der Waals surface area contributed by atoms with Gasteiger partial charge in [-0.1, -0.05) is 11.6 Å². The maximum Gasteiger partial charge on any atom is 0.336 e. The second kappa shape index (κ2) is 8.46. The lowest BCUT2D eigenvalue weighted by Crippen LogP contribution is -2.24. The van der Waals surface area contributed by atoms with Gasteiger partial charge in [-0.25, -0.2) is 4.79 Å². The Morgan fingerprint density at radius 1 is 1.11 bits per heavy atom. The van der Waals surface area contributed by atoms with E-state index in [2.05, 4.69) is 4.90 Å². The highest BCUT2D eigenvalue weighted by Crippen LogP contribution is 2.25. The molecular weight excluding hydrogens is 366 g/mol. The van der Waals surface area contributed by atoms with E-state index in [1.54, 1.807) is 13.2 Å². The summed E-state index contributed by atoms with van der Waals surface area (Å²) < 4.78 is 16.2. The fourth-order valence-corrected chi connectivity index (χ4v) is 3.00. The Morgan fingerprint density at radius 3 is 2.52 bits per heavy atom. The van der Waals surface area contributed by atoms with Crippen molar-refractivity contribution < 1.29 is 13.9 Å². The molecule has 0 saturated heterocycles. The number of halogens is 1. The molecule has 0 unspecified atom stereocenters. The van der Waals surface area contributed by atoms with Gasteiger partial charge in [0.15, 0.2) is 0 Å². The Kier molecular flexibility index (Phi) is 6.04. The molecule has 5 nitrogen and oxygen atoms in total. The Morgan fingerprint density at radius 2 is 1.81 bits per heavy atom. The van der Waals surface area contributed by atoms with Crippen molar-refractivity contribution in [2.45, 2.75) is 13.5 Å². The number of ether oxygens (including phenoxy) is 2. The first kappa shape index (κ1) is 19.3. The molecule has 0 aliphatic carbocycles. The molecule has 0 atom stereocenters. The number of likely N-dealkylation sites (N-methyl/N-ethyl adjacent to an activating group) is 1. The number of rotatable bonds is 7. The van der Waals surface area contributed by atoms with Gasteiger partial charge < -0.3 is 13.9 Å². The smallest absolute Gasteiger partial charge is 0.336 e. The van der Waals surface area contributed by atoms with E-state index in [9.17, 15) is 4.79 Å². The summed E-state index contributed by atoms with van der Waals surface area (Å²) in [5.74, 6) is 1.58. The lowest BCUT2D eigenvalue weighted by molar-refractivity contribution is 0.233. The van der Waals surface area contributed by atoms with Crippen molar-refractivity contribution in [2.75, 3.05) is 27.3 Å². The zero-order valence-corrected chi connectivity index (χ0v) is 16.4. The molecule has 0 fully saturated rings. The molecule has 0 N–H and O–H groups in total. The summed E-state index contributed by atoms with van der Waals surface area (Å²) in [6, 6.07) is 12.6. The van der Waals surface area contributed by atoms with E-state index in [4.69, 9.17) is 25.5 Å².